The van der Waals surface area contributed by atoms with E-state index in [1.807, 2.05) is 18.2 Å². The number of carbonyl (C=O) groups is 1. The highest BCUT2D eigenvalue weighted by atomic mass is 16.4. The predicted molar refractivity (Wildman–Crippen MR) is 78.9 cm³/mol. The molecule has 1 saturated carbocycles. The Morgan fingerprint density at radius 2 is 1.86 bits per heavy atom. The number of amides is 1. The van der Waals surface area contributed by atoms with Crippen molar-refractivity contribution in [2.75, 3.05) is 5.32 Å². The number of furan rings is 1. The molecule has 2 aromatic rings. The number of nitrogens with one attached hydrogen (secondary N) is 2. The Kier molecular flexibility index (Phi) is 3.92. The Hall–Kier alpha value is -2.27. The molecule has 0 radical (unpaired) electrons. The van der Waals surface area contributed by atoms with Gasteiger partial charge in [0.05, 0.1) is 6.54 Å². The first-order chi connectivity index (χ1) is 10.2. The Morgan fingerprint density at radius 1 is 1.14 bits per heavy atom. The van der Waals surface area contributed by atoms with Crippen molar-refractivity contribution in [1.82, 2.24) is 5.32 Å². The lowest BCUT2D eigenvalue weighted by molar-refractivity contribution is 0.0951. The van der Waals surface area contributed by atoms with E-state index in [4.69, 9.17) is 9.52 Å². The van der Waals surface area contributed by atoms with Crippen LogP contribution in [0.2, 0.25) is 0 Å². The maximum absolute atomic E-state index is 11.9. The Labute approximate surface area is 123 Å². The fraction of sp³-hybridized carbons (Fsp3) is 0.312. The molecule has 1 aromatic carbocycles. The quantitative estimate of drug-likeness (QED) is 0.761. The van der Waals surface area contributed by atoms with E-state index in [1.165, 1.54) is 0 Å². The minimum absolute atomic E-state index is 0.0114. The first-order valence-corrected chi connectivity index (χ1v) is 7.08. The summed E-state index contributed by atoms with van der Waals surface area (Å²) in [6.45, 7) is 0.443. The van der Waals surface area contributed by atoms with Gasteiger partial charge >= 0.3 is 0 Å². The van der Waals surface area contributed by atoms with Gasteiger partial charge in [-0.2, -0.15) is 0 Å². The van der Waals surface area contributed by atoms with Crippen LogP contribution in [-0.2, 0) is 13.2 Å². The average Bonchev–Trinajstić information content (AvgIpc) is 3.20. The molecule has 1 aromatic heterocycles. The number of aliphatic hydroxyl groups excluding tert-OH is 1. The fourth-order valence-electron chi connectivity index (χ4n) is 2.03. The van der Waals surface area contributed by atoms with Crippen molar-refractivity contribution in [3.63, 3.8) is 0 Å². The van der Waals surface area contributed by atoms with Crippen LogP contribution in [0.3, 0.4) is 0 Å². The van der Waals surface area contributed by atoms with Crippen molar-refractivity contribution in [3.8, 4) is 0 Å². The minimum Gasteiger partial charge on any atom is -0.462 e. The van der Waals surface area contributed by atoms with Crippen LogP contribution in [0.1, 0.15) is 34.7 Å². The summed E-state index contributed by atoms with van der Waals surface area (Å²) in [5.74, 6) is 1.30. The number of hydrogen-bond acceptors (Lipinski definition) is 4. The van der Waals surface area contributed by atoms with Crippen molar-refractivity contribution >= 4 is 11.6 Å². The van der Waals surface area contributed by atoms with Gasteiger partial charge in [0.15, 0.2) is 0 Å². The second-order valence-electron chi connectivity index (χ2n) is 5.20. The van der Waals surface area contributed by atoms with E-state index in [0.717, 1.165) is 24.3 Å². The van der Waals surface area contributed by atoms with Gasteiger partial charge in [-0.3, -0.25) is 4.79 Å². The van der Waals surface area contributed by atoms with Gasteiger partial charge in [-0.1, -0.05) is 0 Å². The summed E-state index contributed by atoms with van der Waals surface area (Å²) in [6.07, 6.45) is 2.18. The van der Waals surface area contributed by atoms with Crippen molar-refractivity contribution in [2.45, 2.75) is 32.0 Å². The maximum Gasteiger partial charge on any atom is 0.251 e. The summed E-state index contributed by atoms with van der Waals surface area (Å²) in [6, 6.07) is 11.3. The zero-order chi connectivity index (χ0) is 14.7. The molecule has 3 rings (SSSR count). The van der Waals surface area contributed by atoms with Crippen LogP contribution >= 0.6 is 0 Å². The summed E-state index contributed by atoms with van der Waals surface area (Å²) in [5.41, 5.74) is 1.59. The summed E-state index contributed by atoms with van der Waals surface area (Å²) in [4.78, 5) is 11.9. The monoisotopic (exact) mass is 286 g/mol. The Morgan fingerprint density at radius 3 is 2.48 bits per heavy atom. The third-order valence-corrected chi connectivity index (χ3v) is 3.40. The smallest absolute Gasteiger partial charge is 0.251 e. The van der Waals surface area contributed by atoms with E-state index in [2.05, 4.69) is 10.6 Å². The molecule has 5 heteroatoms. The van der Waals surface area contributed by atoms with Gasteiger partial charge in [0.25, 0.3) is 5.91 Å². The molecule has 1 aliphatic rings. The lowest BCUT2D eigenvalue weighted by Gasteiger charge is -2.06. The number of benzene rings is 1. The van der Waals surface area contributed by atoms with Gasteiger partial charge in [0.2, 0.25) is 0 Å². The molecule has 1 amide bonds. The molecule has 0 saturated heterocycles. The third-order valence-electron chi connectivity index (χ3n) is 3.40. The first-order valence-electron chi connectivity index (χ1n) is 7.08. The highest BCUT2D eigenvalue weighted by molar-refractivity contribution is 5.94. The lowest BCUT2D eigenvalue weighted by Crippen LogP contribution is -2.25. The first kappa shape index (κ1) is 13.7. The van der Waals surface area contributed by atoms with Crippen LogP contribution in [0.15, 0.2) is 40.8 Å². The summed E-state index contributed by atoms with van der Waals surface area (Å²) in [7, 11) is 0. The number of aliphatic hydroxyl groups is 1. The number of rotatable bonds is 6. The van der Waals surface area contributed by atoms with Gasteiger partial charge in [0, 0.05) is 17.3 Å². The second kappa shape index (κ2) is 6.01. The van der Waals surface area contributed by atoms with Crippen LogP contribution in [-0.4, -0.2) is 17.1 Å². The van der Waals surface area contributed by atoms with E-state index in [0.29, 0.717) is 23.9 Å². The molecule has 21 heavy (non-hydrogen) atoms. The molecular weight excluding hydrogens is 268 g/mol. The van der Waals surface area contributed by atoms with Crippen molar-refractivity contribution in [3.05, 3.63) is 53.5 Å². The molecule has 110 valence electrons. The molecule has 0 spiro atoms. The highest BCUT2D eigenvalue weighted by Gasteiger charge is 2.23. The topological polar surface area (TPSA) is 74.5 Å². The highest BCUT2D eigenvalue weighted by Crippen LogP contribution is 2.20. The van der Waals surface area contributed by atoms with Crippen LogP contribution in [0, 0.1) is 0 Å². The van der Waals surface area contributed by atoms with E-state index in [1.54, 1.807) is 18.2 Å². The third kappa shape index (κ3) is 3.64. The molecular formula is C16H18N2O3. The minimum atomic E-state index is -0.0925. The van der Waals surface area contributed by atoms with E-state index in [9.17, 15) is 4.79 Å². The zero-order valence-electron chi connectivity index (χ0n) is 11.6. The number of hydrogen-bond donors (Lipinski definition) is 3. The Balaban J connectivity index is 1.54. The Bertz CT molecular complexity index is 615. The van der Waals surface area contributed by atoms with E-state index in [-0.39, 0.29) is 12.5 Å². The van der Waals surface area contributed by atoms with Gasteiger partial charge in [-0.25, -0.2) is 0 Å². The molecule has 1 aliphatic carbocycles. The van der Waals surface area contributed by atoms with E-state index < -0.39 is 0 Å². The van der Waals surface area contributed by atoms with Gasteiger partial charge in [-0.15, -0.1) is 0 Å². The van der Waals surface area contributed by atoms with Crippen molar-refractivity contribution < 1.29 is 14.3 Å². The van der Waals surface area contributed by atoms with Crippen LogP contribution in [0.4, 0.5) is 5.69 Å². The number of carbonyl (C=O) groups excluding carboxylic acids is 1. The number of anilines is 1. The molecule has 1 heterocycles. The van der Waals surface area contributed by atoms with Crippen molar-refractivity contribution in [1.29, 1.82) is 0 Å². The summed E-state index contributed by atoms with van der Waals surface area (Å²) in [5, 5.41) is 15.1. The van der Waals surface area contributed by atoms with Gasteiger partial charge in [0.1, 0.15) is 18.1 Å². The van der Waals surface area contributed by atoms with Gasteiger partial charge in [-0.05, 0) is 49.2 Å². The second-order valence-corrected chi connectivity index (χ2v) is 5.20. The van der Waals surface area contributed by atoms with E-state index >= 15 is 0 Å². The largest absolute Gasteiger partial charge is 0.462 e. The molecule has 3 N–H and O–H groups in total. The molecule has 5 nitrogen and oxygen atoms in total. The predicted octanol–water partition coefficient (Wildman–Crippen LogP) is 2.28. The van der Waals surface area contributed by atoms with Gasteiger partial charge < -0.3 is 20.2 Å². The molecule has 1 fully saturated rings. The molecule has 0 aliphatic heterocycles. The maximum atomic E-state index is 11.9. The standard InChI is InChI=1S/C16H18N2O3/c19-10-15-8-7-14(21-15)9-17-12-3-1-11(2-4-12)16(20)18-13-5-6-13/h1-4,7-8,13,17,19H,5-6,9-10H2,(H,18,20). The summed E-state index contributed by atoms with van der Waals surface area (Å²) >= 11 is 0. The fourth-order valence-corrected chi connectivity index (χ4v) is 2.03. The normalized spacial score (nSPS) is 14.0. The summed E-state index contributed by atoms with van der Waals surface area (Å²) < 4.78 is 5.39. The van der Waals surface area contributed by atoms with Crippen molar-refractivity contribution in [2.24, 2.45) is 0 Å². The lowest BCUT2D eigenvalue weighted by atomic mass is 10.2. The van der Waals surface area contributed by atoms with Crippen LogP contribution < -0.4 is 10.6 Å². The van der Waals surface area contributed by atoms with Crippen LogP contribution in [0.5, 0.6) is 0 Å². The molecule has 0 unspecified atom stereocenters. The molecule has 0 atom stereocenters. The van der Waals surface area contributed by atoms with Crippen LogP contribution in [0.25, 0.3) is 0 Å². The zero-order valence-corrected chi connectivity index (χ0v) is 11.6. The average molecular weight is 286 g/mol. The molecule has 0 bridgehead atoms. The SMILES string of the molecule is O=C(NC1CC1)c1ccc(NCc2ccc(CO)o2)cc1.